The van der Waals surface area contributed by atoms with Crippen molar-refractivity contribution in [2.45, 2.75) is 26.2 Å². The van der Waals surface area contributed by atoms with Crippen LogP contribution in [0.4, 0.5) is 5.69 Å². The minimum absolute atomic E-state index is 0.00657. The second-order valence-corrected chi connectivity index (χ2v) is 4.07. The van der Waals surface area contributed by atoms with E-state index < -0.39 is 10.3 Å². The van der Waals surface area contributed by atoms with Gasteiger partial charge in [0.25, 0.3) is 5.69 Å². The Bertz CT molecular complexity index is 410. The van der Waals surface area contributed by atoms with Crippen LogP contribution < -0.4 is 0 Å². The van der Waals surface area contributed by atoms with E-state index in [-0.39, 0.29) is 5.69 Å². The lowest BCUT2D eigenvalue weighted by Gasteiger charge is -2.19. The number of hydrogen-bond donors (Lipinski definition) is 0. The summed E-state index contributed by atoms with van der Waals surface area (Å²) in [7, 11) is 0. The molecule has 0 N–H and O–H groups in total. The second kappa shape index (κ2) is 3.81. The largest absolute Gasteiger partial charge is 0.302 e. The first-order chi connectivity index (χ1) is 6.90. The Morgan fingerprint density at radius 1 is 1.40 bits per heavy atom. The highest BCUT2D eigenvalue weighted by Gasteiger charge is 2.29. The van der Waals surface area contributed by atoms with Gasteiger partial charge in [0.15, 0.2) is 0 Å². The molecule has 0 saturated carbocycles. The second-order valence-electron chi connectivity index (χ2n) is 4.07. The summed E-state index contributed by atoms with van der Waals surface area (Å²) in [6.07, 6.45) is 0.738. The van der Waals surface area contributed by atoms with Crippen molar-refractivity contribution in [1.29, 1.82) is 0 Å². The van der Waals surface area contributed by atoms with Crippen LogP contribution in [0.25, 0.3) is 0 Å². The van der Waals surface area contributed by atoms with E-state index in [1.165, 1.54) is 6.07 Å². The molecule has 0 spiro atoms. The number of nitro benzene ring substituents is 1. The molecule has 0 aliphatic carbocycles. The fourth-order valence-electron chi connectivity index (χ4n) is 1.70. The van der Waals surface area contributed by atoms with Crippen molar-refractivity contribution >= 4 is 12.0 Å². The van der Waals surface area contributed by atoms with Gasteiger partial charge < -0.3 is 4.79 Å². The van der Waals surface area contributed by atoms with Crippen LogP contribution in [0.1, 0.15) is 25.0 Å². The summed E-state index contributed by atoms with van der Waals surface area (Å²) in [6.45, 7) is 5.12. The lowest BCUT2D eigenvalue weighted by atomic mass is 9.82. The molecule has 0 aliphatic heterocycles. The molecule has 0 radical (unpaired) electrons. The number of aldehydes is 1. The maximum absolute atomic E-state index is 10.9. The van der Waals surface area contributed by atoms with Crippen LogP contribution in [0.5, 0.6) is 0 Å². The molecule has 0 unspecified atom stereocenters. The van der Waals surface area contributed by atoms with E-state index in [4.69, 9.17) is 0 Å². The molecule has 0 aromatic heterocycles. The fraction of sp³-hybridized carbons (Fsp3) is 0.364. The van der Waals surface area contributed by atoms with E-state index in [1.807, 2.05) is 0 Å². The van der Waals surface area contributed by atoms with Gasteiger partial charge in [-0.05, 0) is 26.3 Å². The molecule has 0 amide bonds. The molecule has 4 heteroatoms. The third kappa shape index (κ3) is 2.03. The molecular weight excluding hydrogens is 194 g/mol. The van der Waals surface area contributed by atoms with Gasteiger partial charge in [0.2, 0.25) is 0 Å². The number of carbonyl (C=O) groups is 1. The Balaban J connectivity index is 3.50. The normalized spacial score (nSPS) is 11.1. The molecule has 0 atom stereocenters. The van der Waals surface area contributed by atoms with Crippen molar-refractivity contribution in [2.24, 2.45) is 0 Å². The summed E-state index contributed by atoms with van der Waals surface area (Å²) >= 11 is 0. The van der Waals surface area contributed by atoms with Crippen LogP contribution in [0.2, 0.25) is 0 Å². The zero-order valence-electron chi connectivity index (χ0n) is 8.98. The standard InChI is InChI=1S/C11H13NO3/c1-8-5-4-6-9(12(14)15)10(8)11(2,3)7-13/h4-7H,1-3H3. The third-order valence-electron chi connectivity index (χ3n) is 2.39. The minimum Gasteiger partial charge on any atom is -0.302 e. The predicted octanol–water partition coefficient (Wildman–Crippen LogP) is 2.38. The Kier molecular flexibility index (Phi) is 2.88. The van der Waals surface area contributed by atoms with Gasteiger partial charge in [-0.2, -0.15) is 0 Å². The van der Waals surface area contributed by atoms with Gasteiger partial charge in [0.1, 0.15) is 6.29 Å². The smallest absolute Gasteiger partial charge is 0.273 e. The first-order valence-electron chi connectivity index (χ1n) is 4.61. The number of benzene rings is 1. The number of carbonyl (C=O) groups excluding carboxylic acids is 1. The van der Waals surface area contributed by atoms with E-state index in [0.717, 1.165) is 11.8 Å². The molecule has 1 aromatic rings. The maximum Gasteiger partial charge on any atom is 0.273 e. The molecule has 0 aliphatic rings. The number of nitrogens with zero attached hydrogens (tertiary/aromatic N) is 1. The number of nitro groups is 1. The van der Waals surface area contributed by atoms with Gasteiger partial charge in [0, 0.05) is 11.6 Å². The monoisotopic (exact) mass is 207 g/mol. The van der Waals surface area contributed by atoms with Gasteiger partial charge in [0.05, 0.1) is 10.3 Å². The maximum atomic E-state index is 10.9. The lowest BCUT2D eigenvalue weighted by molar-refractivity contribution is -0.385. The lowest BCUT2D eigenvalue weighted by Crippen LogP contribution is -2.21. The SMILES string of the molecule is Cc1cccc([N+](=O)[O-])c1C(C)(C)C=O. The van der Waals surface area contributed by atoms with Crippen molar-refractivity contribution < 1.29 is 9.72 Å². The first kappa shape index (κ1) is 11.4. The molecule has 15 heavy (non-hydrogen) atoms. The zero-order chi connectivity index (χ0) is 11.6. The summed E-state index contributed by atoms with van der Waals surface area (Å²) in [6, 6.07) is 4.82. The van der Waals surface area contributed by atoms with E-state index in [1.54, 1.807) is 32.9 Å². The molecule has 4 nitrogen and oxygen atoms in total. The minimum atomic E-state index is -0.826. The molecule has 1 aromatic carbocycles. The average molecular weight is 207 g/mol. The van der Waals surface area contributed by atoms with Crippen LogP contribution in [-0.4, -0.2) is 11.2 Å². The Hall–Kier alpha value is -1.71. The van der Waals surface area contributed by atoms with Gasteiger partial charge in [-0.3, -0.25) is 10.1 Å². The number of hydrogen-bond acceptors (Lipinski definition) is 3. The van der Waals surface area contributed by atoms with Crippen LogP contribution in [0.15, 0.2) is 18.2 Å². The fourth-order valence-corrected chi connectivity index (χ4v) is 1.70. The van der Waals surface area contributed by atoms with Crippen LogP contribution >= 0.6 is 0 Å². The Morgan fingerprint density at radius 2 is 2.00 bits per heavy atom. The summed E-state index contributed by atoms with van der Waals surface area (Å²) in [5.74, 6) is 0. The molecule has 0 saturated heterocycles. The average Bonchev–Trinajstić information content (AvgIpc) is 2.17. The molecule has 80 valence electrons. The van der Waals surface area contributed by atoms with E-state index >= 15 is 0 Å². The van der Waals surface area contributed by atoms with E-state index in [2.05, 4.69) is 0 Å². The highest BCUT2D eigenvalue weighted by Crippen LogP contribution is 2.32. The van der Waals surface area contributed by atoms with Crippen LogP contribution in [0, 0.1) is 17.0 Å². The molecular formula is C11H13NO3. The van der Waals surface area contributed by atoms with E-state index in [0.29, 0.717) is 5.56 Å². The molecule has 0 bridgehead atoms. The van der Waals surface area contributed by atoms with Gasteiger partial charge in [-0.15, -0.1) is 0 Å². The summed E-state index contributed by atoms with van der Waals surface area (Å²) < 4.78 is 0. The van der Waals surface area contributed by atoms with Gasteiger partial charge in [-0.1, -0.05) is 12.1 Å². The van der Waals surface area contributed by atoms with Gasteiger partial charge in [-0.25, -0.2) is 0 Å². The van der Waals surface area contributed by atoms with Crippen molar-refractivity contribution in [1.82, 2.24) is 0 Å². The van der Waals surface area contributed by atoms with Crippen molar-refractivity contribution in [2.75, 3.05) is 0 Å². The summed E-state index contributed by atoms with van der Waals surface area (Å²) in [5.41, 5.74) is 0.437. The Morgan fingerprint density at radius 3 is 2.47 bits per heavy atom. The molecule has 0 heterocycles. The van der Waals surface area contributed by atoms with Crippen LogP contribution in [-0.2, 0) is 10.2 Å². The van der Waals surface area contributed by atoms with Crippen molar-refractivity contribution in [3.8, 4) is 0 Å². The van der Waals surface area contributed by atoms with E-state index in [9.17, 15) is 14.9 Å². The summed E-state index contributed by atoms with van der Waals surface area (Å²) in [4.78, 5) is 21.3. The highest BCUT2D eigenvalue weighted by molar-refractivity contribution is 5.71. The summed E-state index contributed by atoms with van der Waals surface area (Å²) in [5, 5.41) is 10.8. The quantitative estimate of drug-likeness (QED) is 0.434. The topological polar surface area (TPSA) is 60.2 Å². The predicted molar refractivity (Wildman–Crippen MR) is 56.9 cm³/mol. The molecule has 1 rings (SSSR count). The van der Waals surface area contributed by atoms with Crippen LogP contribution in [0.3, 0.4) is 0 Å². The molecule has 0 fully saturated rings. The highest BCUT2D eigenvalue weighted by atomic mass is 16.6. The zero-order valence-corrected chi connectivity index (χ0v) is 8.98. The number of rotatable bonds is 3. The van der Waals surface area contributed by atoms with Crippen molar-refractivity contribution in [3.05, 3.63) is 39.4 Å². The first-order valence-corrected chi connectivity index (χ1v) is 4.61. The van der Waals surface area contributed by atoms with Gasteiger partial charge >= 0.3 is 0 Å². The third-order valence-corrected chi connectivity index (χ3v) is 2.39. The van der Waals surface area contributed by atoms with Crippen molar-refractivity contribution in [3.63, 3.8) is 0 Å². The number of aryl methyl sites for hydroxylation is 1. The Labute approximate surface area is 88.1 Å².